The lowest BCUT2D eigenvalue weighted by atomic mass is 9.81. The summed E-state index contributed by atoms with van der Waals surface area (Å²) in [4.78, 5) is 21.3. The Morgan fingerprint density at radius 2 is 1.85 bits per heavy atom. The van der Waals surface area contributed by atoms with Gasteiger partial charge in [-0.2, -0.15) is 13.2 Å². The Bertz CT molecular complexity index is 1060. The van der Waals surface area contributed by atoms with Crippen molar-refractivity contribution in [2.24, 2.45) is 0 Å². The summed E-state index contributed by atoms with van der Waals surface area (Å²) < 4.78 is 47.7. The van der Waals surface area contributed by atoms with Crippen LogP contribution in [0.3, 0.4) is 0 Å². The van der Waals surface area contributed by atoms with Gasteiger partial charge in [-0.1, -0.05) is 11.6 Å². The highest BCUT2D eigenvalue weighted by molar-refractivity contribution is 6.31. The molecule has 6 nitrogen and oxygen atoms in total. The minimum atomic E-state index is -4.47. The molecule has 1 saturated heterocycles. The van der Waals surface area contributed by atoms with Gasteiger partial charge in [-0.15, -0.1) is 0 Å². The fourth-order valence-corrected chi connectivity index (χ4v) is 5.39. The van der Waals surface area contributed by atoms with Gasteiger partial charge in [-0.25, -0.2) is 4.98 Å². The van der Waals surface area contributed by atoms with Crippen molar-refractivity contribution in [2.45, 2.75) is 58.0 Å². The van der Waals surface area contributed by atoms with Gasteiger partial charge in [0.25, 0.3) is 5.91 Å². The number of likely N-dealkylation sites (tertiary alicyclic amines) is 1. The summed E-state index contributed by atoms with van der Waals surface area (Å²) in [5.74, 6) is 0.443. The van der Waals surface area contributed by atoms with Gasteiger partial charge in [0.15, 0.2) is 0 Å². The van der Waals surface area contributed by atoms with Crippen molar-refractivity contribution >= 4 is 17.5 Å². The van der Waals surface area contributed by atoms with Crippen molar-refractivity contribution < 1.29 is 22.7 Å². The molecule has 2 aliphatic rings. The summed E-state index contributed by atoms with van der Waals surface area (Å²) in [5, 5.41) is 0.131. The molecule has 2 aliphatic heterocycles. The third-order valence-electron chi connectivity index (χ3n) is 6.67. The van der Waals surface area contributed by atoms with Crippen LogP contribution >= 0.6 is 11.6 Å². The lowest BCUT2D eigenvalue weighted by molar-refractivity contribution is -0.144. The predicted octanol–water partition coefficient (Wildman–Crippen LogP) is 4.73. The lowest BCUT2D eigenvalue weighted by Crippen LogP contribution is -2.57. The molecule has 2 aromatic rings. The number of carbonyl (C=O) groups is 1. The van der Waals surface area contributed by atoms with Gasteiger partial charge in [0.05, 0.1) is 28.1 Å². The Morgan fingerprint density at radius 3 is 2.42 bits per heavy atom. The van der Waals surface area contributed by atoms with Crippen molar-refractivity contribution in [3.63, 3.8) is 0 Å². The molecule has 0 N–H and O–H groups in total. The molecule has 1 amide bonds. The summed E-state index contributed by atoms with van der Waals surface area (Å²) in [6, 6.07) is 4.44. The van der Waals surface area contributed by atoms with Crippen LogP contribution in [0, 0.1) is 6.92 Å². The average molecular weight is 485 g/mol. The number of carbonyl (C=O) groups excluding carboxylic acids is 1. The molecule has 33 heavy (non-hydrogen) atoms. The van der Waals surface area contributed by atoms with Gasteiger partial charge in [-0.05, 0) is 58.9 Å². The molecule has 1 fully saturated rings. The maximum Gasteiger partial charge on any atom is 0.431 e. The number of hydrogen-bond acceptors (Lipinski definition) is 4. The van der Waals surface area contributed by atoms with E-state index in [0.29, 0.717) is 55.3 Å². The fraction of sp³-hybridized carbons (Fsp3) is 0.565. The normalized spacial score (nSPS) is 18.6. The highest BCUT2D eigenvalue weighted by atomic mass is 35.5. The number of hydrogen-bond donors (Lipinski definition) is 0. The van der Waals surface area contributed by atoms with Crippen molar-refractivity contribution in [3.05, 3.63) is 46.0 Å². The van der Waals surface area contributed by atoms with Crippen LogP contribution in [0.4, 0.5) is 13.2 Å². The number of rotatable bonds is 3. The van der Waals surface area contributed by atoms with E-state index in [4.69, 9.17) is 16.3 Å². The SMILES string of the molecule is Cc1nc(C(=O)N2CCC3(CC2)c2c(Cl)cc(C(F)(F)F)n2CCN3C)ccc1OC(C)C. The Labute approximate surface area is 196 Å². The largest absolute Gasteiger partial charge is 0.489 e. The minimum Gasteiger partial charge on any atom is -0.489 e. The summed E-state index contributed by atoms with van der Waals surface area (Å²) in [6.45, 7) is 7.15. The van der Waals surface area contributed by atoms with Crippen LogP contribution < -0.4 is 4.74 Å². The molecule has 10 heteroatoms. The molecule has 4 heterocycles. The van der Waals surface area contributed by atoms with Crippen LogP contribution in [0.2, 0.25) is 5.02 Å². The van der Waals surface area contributed by atoms with Crippen molar-refractivity contribution in [1.82, 2.24) is 19.4 Å². The number of pyridine rings is 1. The summed E-state index contributed by atoms with van der Waals surface area (Å²) in [7, 11) is 1.91. The van der Waals surface area contributed by atoms with Gasteiger partial charge in [-0.3, -0.25) is 9.69 Å². The van der Waals surface area contributed by atoms with E-state index in [2.05, 4.69) is 9.88 Å². The molecule has 0 radical (unpaired) electrons. The van der Waals surface area contributed by atoms with E-state index in [-0.39, 0.29) is 23.6 Å². The number of piperidine rings is 1. The molecule has 4 rings (SSSR count). The molecular formula is C23H28ClF3N4O2. The molecule has 180 valence electrons. The maximum atomic E-state index is 13.6. The van der Waals surface area contributed by atoms with Crippen molar-refractivity contribution in [3.8, 4) is 5.75 Å². The van der Waals surface area contributed by atoms with Crippen LogP contribution in [0.5, 0.6) is 5.75 Å². The van der Waals surface area contributed by atoms with Gasteiger partial charge in [0.2, 0.25) is 0 Å². The molecule has 0 atom stereocenters. The molecule has 0 aromatic carbocycles. The minimum absolute atomic E-state index is 0.00134. The Kier molecular flexibility index (Phi) is 6.16. The average Bonchev–Trinajstić information content (AvgIpc) is 3.10. The second-order valence-electron chi connectivity index (χ2n) is 9.07. The summed E-state index contributed by atoms with van der Waals surface area (Å²) >= 11 is 6.37. The highest BCUT2D eigenvalue weighted by Crippen LogP contribution is 2.47. The highest BCUT2D eigenvalue weighted by Gasteiger charge is 2.49. The van der Waals surface area contributed by atoms with E-state index in [1.54, 1.807) is 24.0 Å². The van der Waals surface area contributed by atoms with Gasteiger partial charge in [0, 0.05) is 26.2 Å². The third-order valence-corrected chi connectivity index (χ3v) is 6.96. The van der Waals surface area contributed by atoms with E-state index in [9.17, 15) is 18.0 Å². The number of likely N-dealkylation sites (N-methyl/N-ethyl adjacent to an activating group) is 1. The summed E-state index contributed by atoms with van der Waals surface area (Å²) in [6.07, 6.45) is -3.49. The number of ether oxygens (including phenoxy) is 1. The van der Waals surface area contributed by atoms with E-state index in [1.165, 1.54) is 4.57 Å². The zero-order valence-corrected chi connectivity index (χ0v) is 19.9. The first-order valence-corrected chi connectivity index (χ1v) is 11.4. The summed E-state index contributed by atoms with van der Waals surface area (Å²) in [5.41, 5.74) is 0.114. The number of aryl methyl sites for hydroxylation is 1. The Morgan fingerprint density at radius 1 is 1.18 bits per heavy atom. The zero-order chi connectivity index (χ0) is 24.1. The molecule has 0 aliphatic carbocycles. The first kappa shape index (κ1) is 23.9. The van der Waals surface area contributed by atoms with E-state index in [0.717, 1.165) is 6.07 Å². The van der Waals surface area contributed by atoms with Gasteiger partial charge < -0.3 is 14.2 Å². The Hall–Kier alpha value is -2.26. The van der Waals surface area contributed by atoms with Crippen molar-refractivity contribution in [2.75, 3.05) is 26.7 Å². The first-order chi connectivity index (χ1) is 15.4. The molecule has 0 bridgehead atoms. The van der Waals surface area contributed by atoms with E-state index < -0.39 is 17.4 Å². The first-order valence-electron chi connectivity index (χ1n) is 11.1. The standard InChI is InChI=1S/C23H28ClF3N4O2/c1-14(2)33-18-6-5-17(28-15(18)3)21(32)30-9-7-22(8-10-30)20-16(24)13-19(23(25,26)27)31(20)12-11-29(22)4/h5-6,13-14H,7-12H2,1-4H3. The van der Waals surface area contributed by atoms with Crippen LogP contribution in [0.15, 0.2) is 18.2 Å². The quantitative estimate of drug-likeness (QED) is 0.632. The second kappa shape index (κ2) is 8.51. The van der Waals surface area contributed by atoms with Crippen molar-refractivity contribution in [1.29, 1.82) is 0 Å². The maximum absolute atomic E-state index is 13.6. The topological polar surface area (TPSA) is 50.6 Å². The molecule has 0 saturated carbocycles. The van der Waals surface area contributed by atoms with Gasteiger partial charge in [0.1, 0.15) is 17.1 Å². The monoisotopic (exact) mass is 484 g/mol. The smallest absolute Gasteiger partial charge is 0.431 e. The fourth-order valence-electron chi connectivity index (χ4n) is 5.01. The number of fused-ring (bicyclic) bond motifs is 2. The van der Waals surface area contributed by atoms with Crippen LogP contribution in [0.1, 0.15) is 54.3 Å². The number of aromatic nitrogens is 2. The molecule has 0 unspecified atom stereocenters. The molecule has 1 spiro atoms. The predicted molar refractivity (Wildman–Crippen MR) is 119 cm³/mol. The molecule has 2 aromatic heterocycles. The van der Waals surface area contributed by atoms with E-state index >= 15 is 0 Å². The van der Waals surface area contributed by atoms with E-state index in [1.807, 2.05) is 20.9 Å². The number of nitrogens with zero attached hydrogens (tertiary/aromatic N) is 4. The van der Waals surface area contributed by atoms with Gasteiger partial charge >= 0.3 is 6.18 Å². The van der Waals surface area contributed by atoms with Crippen LogP contribution in [-0.4, -0.2) is 58.0 Å². The number of alkyl halides is 3. The van der Waals surface area contributed by atoms with Crippen LogP contribution in [-0.2, 0) is 18.3 Å². The Balaban J connectivity index is 1.56. The number of halogens is 4. The zero-order valence-electron chi connectivity index (χ0n) is 19.2. The number of amides is 1. The molecular weight excluding hydrogens is 457 g/mol. The van der Waals surface area contributed by atoms with Crippen LogP contribution in [0.25, 0.3) is 0 Å². The second-order valence-corrected chi connectivity index (χ2v) is 9.47. The third kappa shape index (κ3) is 4.21. The lowest BCUT2D eigenvalue weighted by Gasteiger charge is -2.50.